The molecule has 2 aromatic carbocycles. The Hall–Kier alpha value is -4.17. The van der Waals surface area contributed by atoms with Crippen molar-refractivity contribution < 1.29 is 23.8 Å². The van der Waals surface area contributed by atoms with Crippen LogP contribution < -0.4 is 4.74 Å². The number of nitrogens with zero attached hydrogens (tertiary/aromatic N) is 3. The Bertz CT molecular complexity index is 1570. The highest BCUT2D eigenvalue weighted by atomic mass is 16.6. The highest BCUT2D eigenvalue weighted by Crippen LogP contribution is 2.42. The molecule has 1 saturated heterocycles. The van der Waals surface area contributed by atoms with E-state index in [0.29, 0.717) is 18.0 Å². The van der Waals surface area contributed by atoms with Gasteiger partial charge in [0.05, 0.1) is 25.3 Å². The molecule has 1 fully saturated rings. The quantitative estimate of drug-likeness (QED) is 0.230. The van der Waals surface area contributed by atoms with Gasteiger partial charge in [-0.25, -0.2) is 9.59 Å². The van der Waals surface area contributed by atoms with Crippen LogP contribution in [-0.2, 0) is 16.0 Å². The van der Waals surface area contributed by atoms with Gasteiger partial charge in [-0.3, -0.25) is 14.5 Å². The van der Waals surface area contributed by atoms with Gasteiger partial charge in [0.1, 0.15) is 11.4 Å². The summed E-state index contributed by atoms with van der Waals surface area (Å²) in [6, 6.07) is 17.8. The van der Waals surface area contributed by atoms with Crippen LogP contribution in [0.25, 0.3) is 10.9 Å². The molecule has 8 heteroatoms. The molecule has 4 aromatic rings. The largest absolute Gasteiger partial charge is 0.496 e. The number of rotatable bonds is 6. The molecule has 3 heterocycles. The minimum atomic E-state index is -0.606. The minimum absolute atomic E-state index is 0.0754. The number of hydrogen-bond donors (Lipinski definition) is 0. The summed E-state index contributed by atoms with van der Waals surface area (Å²) in [4.78, 5) is 32.3. The lowest BCUT2D eigenvalue weighted by Gasteiger charge is -2.40. The number of likely N-dealkylation sites (tertiary alicyclic amines) is 1. The number of carbonyl (C=O) groups excluding carboxylic acids is 2. The molecular weight excluding hydrogens is 530 g/mol. The van der Waals surface area contributed by atoms with Crippen molar-refractivity contribution in [3.63, 3.8) is 0 Å². The van der Waals surface area contributed by atoms with Crippen LogP contribution in [-0.4, -0.2) is 52.9 Å². The van der Waals surface area contributed by atoms with E-state index in [2.05, 4.69) is 16.0 Å². The van der Waals surface area contributed by atoms with Gasteiger partial charge in [0.15, 0.2) is 0 Å². The van der Waals surface area contributed by atoms with E-state index in [4.69, 9.17) is 14.2 Å². The lowest BCUT2D eigenvalue weighted by molar-refractivity contribution is 0.0542. The van der Waals surface area contributed by atoms with E-state index in [9.17, 15) is 9.59 Å². The molecule has 5 rings (SSSR count). The Kier molecular flexibility index (Phi) is 8.36. The SMILES string of the molecule is COC(=O)c1ccc(C2CC(c3ccccn3)CCN2Cc2c(OC)cc(C)c3c2ccn3C(=O)OC(C)(C)C)cc1. The summed E-state index contributed by atoms with van der Waals surface area (Å²) in [5.41, 5.74) is 4.91. The molecule has 0 saturated carbocycles. The summed E-state index contributed by atoms with van der Waals surface area (Å²) >= 11 is 0. The van der Waals surface area contributed by atoms with Crippen LogP contribution in [0.15, 0.2) is 67.0 Å². The fourth-order valence-corrected chi connectivity index (χ4v) is 5.97. The van der Waals surface area contributed by atoms with Gasteiger partial charge in [0.2, 0.25) is 0 Å². The van der Waals surface area contributed by atoms with E-state index in [1.807, 2.05) is 82.4 Å². The molecule has 0 N–H and O–H groups in total. The molecule has 220 valence electrons. The molecule has 2 atom stereocenters. The molecule has 1 aliphatic heterocycles. The molecule has 2 aromatic heterocycles. The Balaban J connectivity index is 1.53. The Morgan fingerprint density at radius 2 is 1.81 bits per heavy atom. The summed E-state index contributed by atoms with van der Waals surface area (Å²) < 4.78 is 18.1. The fourth-order valence-electron chi connectivity index (χ4n) is 5.97. The number of aryl methyl sites for hydroxylation is 1. The molecule has 0 bridgehead atoms. The van der Waals surface area contributed by atoms with Gasteiger partial charge in [-0.15, -0.1) is 0 Å². The highest BCUT2D eigenvalue weighted by molar-refractivity contribution is 5.95. The third-order valence-electron chi connectivity index (χ3n) is 7.94. The van der Waals surface area contributed by atoms with Gasteiger partial charge in [-0.05, 0) is 94.6 Å². The van der Waals surface area contributed by atoms with Crippen LogP contribution in [0.4, 0.5) is 4.79 Å². The molecule has 42 heavy (non-hydrogen) atoms. The predicted octanol–water partition coefficient (Wildman–Crippen LogP) is 7.04. The summed E-state index contributed by atoms with van der Waals surface area (Å²) in [5, 5.41) is 0.962. The number of aromatic nitrogens is 2. The van der Waals surface area contributed by atoms with Gasteiger partial charge in [-0.2, -0.15) is 0 Å². The van der Waals surface area contributed by atoms with Crippen molar-refractivity contribution in [1.82, 2.24) is 14.5 Å². The van der Waals surface area contributed by atoms with E-state index < -0.39 is 11.7 Å². The second-order valence-corrected chi connectivity index (χ2v) is 11.9. The summed E-state index contributed by atoms with van der Waals surface area (Å²) in [7, 11) is 3.08. The molecule has 2 unspecified atom stereocenters. The van der Waals surface area contributed by atoms with E-state index in [-0.39, 0.29) is 12.0 Å². The molecule has 0 spiro atoms. The number of fused-ring (bicyclic) bond motifs is 1. The van der Waals surface area contributed by atoms with Crippen LogP contribution in [0.2, 0.25) is 0 Å². The van der Waals surface area contributed by atoms with Crippen molar-refractivity contribution in [2.75, 3.05) is 20.8 Å². The maximum atomic E-state index is 13.1. The topological polar surface area (TPSA) is 82.9 Å². The number of carbonyl (C=O) groups is 2. The summed E-state index contributed by atoms with van der Waals surface area (Å²) in [5.74, 6) is 0.740. The average Bonchev–Trinajstić information content (AvgIpc) is 3.44. The maximum absolute atomic E-state index is 13.1. The van der Waals surface area contributed by atoms with Crippen LogP contribution in [0.5, 0.6) is 5.75 Å². The smallest absolute Gasteiger partial charge is 0.419 e. The van der Waals surface area contributed by atoms with Gasteiger partial charge < -0.3 is 14.2 Å². The van der Waals surface area contributed by atoms with E-state index in [1.165, 1.54) is 7.11 Å². The van der Waals surface area contributed by atoms with Crippen molar-refractivity contribution in [2.45, 2.75) is 64.6 Å². The second kappa shape index (κ2) is 12.0. The van der Waals surface area contributed by atoms with Gasteiger partial charge in [0.25, 0.3) is 0 Å². The number of esters is 1. The summed E-state index contributed by atoms with van der Waals surface area (Å²) in [6.45, 7) is 9.05. The average molecular weight is 570 g/mol. The van der Waals surface area contributed by atoms with Crippen molar-refractivity contribution in [3.05, 3.63) is 94.9 Å². The third-order valence-corrected chi connectivity index (χ3v) is 7.94. The molecule has 8 nitrogen and oxygen atoms in total. The number of pyridine rings is 1. The normalized spacial score (nSPS) is 17.7. The van der Waals surface area contributed by atoms with Gasteiger partial charge in [-0.1, -0.05) is 18.2 Å². The van der Waals surface area contributed by atoms with E-state index in [1.54, 1.807) is 17.9 Å². The van der Waals surface area contributed by atoms with E-state index >= 15 is 0 Å². The van der Waals surface area contributed by atoms with Crippen LogP contribution in [0, 0.1) is 6.92 Å². The number of benzene rings is 2. The maximum Gasteiger partial charge on any atom is 0.419 e. The lowest BCUT2D eigenvalue weighted by atomic mass is 9.84. The van der Waals surface area contributed by atoms with Crippen molar-refractivity contribution in [2.24, 2.45) is 0 Å². The van der Waals surface area contributed by atoms with Crippen molar-refractivity contribution >= 4 is 23.0 Å². The first-order valence-electron chi connectivity index (χ1n) is 14.3. The third kappa shape index (κ3) is 6.04. The number of hydrogen-bond acceptors (Lipinski definition) is 7. The standard InChI is InChI=1S/C34H39N3O5/c1-22-19-30(40-5)27(26-15-18-37(31(22)26)33(39)42-34(2,3)4)21-36-17-14-25(28-9-7-8-16-35-28)20-29(36)23-10-12-24(13-11-23)32(38)41-6/h7-13,15-16,18-19,25,29H,14,17,20-21H2,1-6H3. The molecule has 0 radical (unpaired) electrons. The molecule has 1 aliphatic rings. The number of piperidine rings is 1. The molecule has 0 amide bonds. The number of methoxy groups -OCH3 is 2. The van der Waals surface area contributed by atoms with Crippen molar-refractivity contribution in [3.8, 4) is 5.75 Å². The first-order valence-corrected chi connectivity index (χ1v) is 14.3. The Morgan fingerprint density at radius 1 is 1.05 bits per heavy atom. The van der Waals surface area contributed by atoms with Crippen LogP contribution in [0.3, 0.4) is 0 Å². The fraction of sp³-hybridized carbons (Fsp3) is 0.382. The second-order valence-electron chi connectivity index (χ2n) is 11.9. The van der Waals surface area contributed by atoms with Gasteiger partial charge >= 0.3 is 12.1 Å². The van der Waals surface area contributed by atoms with Crippen LogP contribution >= 0.6 is 0 Å². The highest BCUT2D eigenvalue weighted by Gasteiger charge is 2.33. The van der Waals surface area contributed by atoms with Crippen molar-refractivity contribution in [1.29, 1.82) is 0 Å². The molecule has 0 aliphatic carbocycles. The predicted molar refractivity (Wildman–Crippen MR) is 162 cm³/mol. The Morgan fingerprint density at radius 3 is 2.45 bits per heavy atom. The number of ether oxygens (including phenoxy) is 3. The van der Waals surface area contributed by atoms with Crippen LogP contribution in [0.1, 0.15) is 78.3 Å². The zero-order valence-electron chi connectivity index (χ0n) is 25.2. The zero-order chi connectivity index (χ0) is 30.0. The monoisotopic (exact) mass is 569 g/mol. The van der Waals surface area contributed by atoms with E-state index in [0.717, 1.165) is 58.4 Å². The zero-order valence-corrected chi connectivity index (χ0v) is 25.2. The lowest BCUT2D eigenvalue weighted by Crippen LogP contribution is -2.36. The first-order chi connectivity index (χ1) is 20.1. The molecular formula is C34H39N3O5. The minimum Gasteiger partial charge on any atom is -0.496 e. The van der Waals surface area contributed by atoms with Gasteiger partial charge in [0, 0.05) is 47.5 Å². The first kappa shape index (κ1) is 29.3. The Labute approximate surface area is 247 Å². The summed E-state index contributed by atoms with van der Waals surface area (Å²) in [6.07, 6.45) is 5.07.